The van der Waals surface area contributed by atoms with Crippen LogP contribution in [0.3, 0.4) is 0 Å². The highest BCUT2D eigenvalue weighted by Crippen LogP contribution is 2.36. The number of nitrogens with zero attached hydrogens (tertiary/aromatic N) is 2. The first-order chi connectivity index (χ1) is 15.5. The number of piperidine rings is 1. The molecule has 1 fully saturated rings. The van der Waals surface area contributed by atoms with Crippen molar-refractivity contribution in [2.24, 2.45) is 11.7 Å². The minimum atomic E-state index is -1.12. The number of rotatable bonds is 7. The van der Waals surface area contributed by atoms with Crippen molar-refractivity contribution in [2.75, 3.05) is 25.0 Å². The van der Waals surface area contributed by atoms with Crippen molar-refractivity contribution in [1.82, 2.24) is 15.3 Å². The van der Waals surface area contributed by atoms with Crippen LogP contribution in [-0.2, 0) is 4.74 Å². The molecule has 0 unspecified atom stereocenters. The number of primary amides is 1. The highest BCUT2D eigenvalue weighted by Gasteiger charge is 2.18. The van der Waals surface area contributed by atoms with Crippen LogP contribution in [0.2, 0.25) is 0 Å². The fraction of sp³-hybridized carbons (Fsp3) is 0.391. The monoisotopic (exact) mass is 453 g/mol. The summed E-state index contributed by atoms with van der Waals surface area (Å²) in [6.07, 6.45) is 5.51. The molecule has 3 aromatic rings. The Labute approximate surface area is 190 Å². The molecule has 1 aromatic carbocycles. The average molecular weight is 454 g/mol. The van der Waals surface area contributed by atoms with E-state index >= 15 is 0 Å². The van der Waals surface area contributed by atoms with Gasteiger partial charge in [0.2, 0.25) is 5.95 Å². The zero-order chi connectivity index (χ0) is 22.5. The Bertz CT molecular complexity index is 1120. The Morgan fingerprint density at radius 3 is 2.91 bits per heavy atom. The highest BCUT2D eigenvalue weighted by molar-refractivity contribution is 7.22. The van der Waals surface area contributed by atoms with E-state index in [4.69, 9.17) is 10.7 Å². The Kier molecular flexibility index (Phi) is 6.96. The van der Waals surface area contributed by atoms with E-state index in [0.717, 1.165) is 52.8 Å². The van der Waals surface area contributed by atoms with Crippen LogP contribution in [0.15, 0.2) is 30.5 Å². The van der Waals surface area contributed by atoms with E-state index in [2.05, 4.69) is 20.4 Å². The number of hydrogen-bond donors (Lipinski definition) is 3. The van der Waals surface area contributed by atoms with Gasteiger partial charge in [-0.05, 0) is 75.4 Å². The van der Waals surface area contributed by atoms with Gasteiger partial charge in [0.25, 0.3) is 0 Å². The smallest absolute Gasteiger partial charge is 0.373 e. The van der Waals surface area contributed by atoms with E-state index in [1.807, 2.05) is 25.3 Å². The second-order valence-corrected chi connectivity index (χ2v) is 9.11. The standard InChI is InChI=1S/C23H27N5O3S/c1-14-13-27-23(26-9-3-4-15-7-10-25-11-8-15)28-20(14)19-12-17-16(21(29)31-22(24)30)5-2-6-18(17)32-19/h2,5-6,12-13,15,25H,3-4,7-11H2,1H3,(H2,24,30)(H,26,27,28). The molecule has 3 heterocycles. The summed E-state index contributed by atoms with van der Waals surface area (Å²) < 4.78 is 5.46. The molecule has 8 nitrogen and oxygen atoms in total. The van der Waals surface area contributed by atoms with Crippen molar-refractivity contribution in [1.29, 1.82) is 0 Å². The molecule has 32 heavy (non-hydrogen) atoms. The summed E-state index contributed by atoms with van der Waals surface area (Å²) in [5.41, 5.74) is 7.05. The van der Waals surface area contributed by atoms with Crippen LogP contribution < -0.4 is 16.4 Å². The van der Waals surface area contributed by atoms with Crippen LogP contribution >= 0.6 is 11.3 Å². The lowest BCUT2D eigenvalue weighted by atomic mass is 9.93. The SMILES string of the molecule is Cc1cnc(NCCCC2CCNCC2)nc1-c1cc2c(C(=O)OC(N)=O)cccc2s1. The average Bonchev–Trinajstić information content (AvgIpc) is 3.22. The quantitative estimate of drug-likeness (QED) is 0.280. The van der Waals surface area contributed by atoms with Crippen LogP contribution in [0.25, 0.3) is 20.7 Å². The Hall–Kier alpha value is -3.04. The van der Waals surface area contributed by atoms with Crippen molar-refractivity contribution in [2.45, 2.75) is 32.6 Å². The zero-order valence-electron chi connectivity index (χ0n) is 18.0. The van der Waals surface area contributed by atoms with E-state index < -0.39 is 12.1 Å². The van der Waals surface area contributed by atoms with Gasteiger partial charge in [0.1, 0.15) is 0 Å². The fourth-order valence-corrected chi connectivity index (χ4v) is 5.18. The summed E-state index contributed by atoms with van der Waals surface area (Å²) in [6, 6.07) is 7.18. The molecular formula is C23H27N5O3S. The maximum absolute atomic E-state index is 12.2. The highest BCUT2D eigenvalue weighted by atomic mass is 32.1. The van der Waals surface area contributed by atoms with E-state index in [1.54, 1.807) is 12.1 Å². The van der Waals surface area contributed by atoms with Crippen LogP contribution in [-0.4, -0.2) is 41.7 Å². The van der Waals surface area contributed by atoms with Gasteiger partial charge in [-0.1, -0.05) is 6.07 Å². The van der Waals surface area contributed by atoms with Crippen molar-refractivity contribution >= 4 is 39.4 Å². The number of nitrogens with two attached hydrogens (primary N) is 1. The Morgan fingerprint density at radius 1 is 1.31 bits per heavy atom. The first kappa shape index (κ1) is 22.2. The second kappa shape index (κ2) is 10.1. The molecule has 1 aliphatic heterocycles. The molecule has 1 aliphatic rings. The summed E-state index contributed by atoms with van der Waals surface area (Å²) in [7, 11) is 0. The predicted molar refractivity (Wildman–Crippen MR) is 126 cm³/mol. The van der Waals surface area contributed by atoms with Gasteiger partial charge in [-0.25, -0.2) is 19.6 Å². The first-order valence-corrected chi connectivity index (χ1v) is 11.7. The number of fused-ring (bicyclic) bond motifs is 1. The van der Waals surface area contributed by atoms with Crippen LogP contribution in [0.5, 0.6) is 0 Å². The number of thiophene rings is 1. The zero-order valence-corrected chi connectivity index (χ0v) is 18.8. The molecule has 0 spiro atoms. The van der Waals surface area contributed by atoms with E-state index in [1.165, 1.54) is 30.6 Å². The number of carbonyl (C=O) groups excluding carboxylic acids is 2. The van der Waals surface area contributed by atoms with Crippen molar-refractivity contribution in [3.8, 4) is 10.6 Å². The van der Waals surface area contributed by atoms with Crippen molar-refractivity contribution < 1.29 is 14.3 Å². The molecule has 9 heteroatoms. The normalized spacial score (nSPS) is 14.4. The summed E-state index contributed by atoms with van der Waals surface area (Å²) in [6.45, 7) is 5.05. The van der Waals surface area contributed by atoms with E-state index in [9.17, 15) is 9.59 Å². The third kappa shape index (κ3) is 5.23. The first-order valence-electron chi connectivity index (χ1n) is 10.8. The number of carbonyl (C=O) groups is 2. The van der Waals surface area contributed by atoms with Crippen molar-refractivity contribution in [3.05, 3.63) is 41.6 Å². The molecule has 2 aromatic heterocycles. The molecule has 0 saturated carbocycles. The lowest BCUT2D eigenvalue weighted by molar-refractivity contribution is 0.0640. The van der Waals surface area contributed by atoms with E-state index in [0.29, 0.717) is 16.9 Å². The van der Waals surface area contributed by atoms with Gasteiger partial charge in [0.05, 0.1) is 16.1 Å². The number of aryl methyl sites for hydroxylation is 1. The molecular weight excluding hydrogens is 426 g/mol. The minimum absolute atomic E-state index is 0.298. The fourth-order valence-electron chi connectivity index (χ4n) is 4.04. The molecule has 0 aliphatic carbocycles. The summed E-state index contributed by atoms with van der Waals surface area (Å²) in [5.74, 6) is 0.645. The molecule has 168 valence electrons. The molecule has 1 amide bonds. The lowest BCUT2D eigenvalue weighted by Crippen LogP contribution is -2.27. The summed E-state index contributed by atoms with van der Waals surface area (Å²) >= 11 is 1.52. The van der Waals surface area contributed by atoms with Crippen LogP contribution in [0, 0.1) is 12.8 Å². The molecule has 4 N–H and O–H groups in total. The number of amides is 1. The molecule has 0 bridgehead atoms. The van der Waals surface area contributed by atoms with E-state index in [-0.39, 0.29) is 0 Å². The number of aromatic nitrogens is 2. The maximum Gasteiger partial charge on any atom is 0.412 e. The van der Waals surface area contributed by atoms with Gasteiger partial charge in [-0.15, -0.1) is 11.3 Å². The van der Waals surface area contributed by atoms with Gasteiger partial charge in [-0.3, -0.25) is 0 Å². The topological polar surface area (TPSA) is 119 Å². The van der Waals surface area contributed by atoms with Crippen molar-refractivity contribution in [3.63, 3.8) is 0 Å². The van der Waals surface area contributed by atoms with Gasteiger partial charge >= 0.3 is 12.1 Å². The number of esters is 1. The molecule has 4 rings (SSSR count). The predicted octanol–water partition coefficient (Wildman–Crippen LogP) is 4.09. The minimum Gasteiger partial charge on any atom is -0.373 e. The Balaban J connectivity index is 1.49. The third-order valence-electron chi connectivity index (χ3n) is 5.71. The lowest BCUT2D eigenvalue weighted by Gasteiger charge is -2.22. The van der Waals surface area contributed by atoms with Gasteiger partial charge in [-0.2, -0.15) is 0 Å². The Morgan fingerprint density at radius 2 is 2.12 bits per heavy atom. The molecule has 0 radical (unpaired) electrons. The third-order valence-corrected chi connectivity index (χ3v) is 6.82. The second-order valence-electron chi connectivity index (χ2n) is 8.02. The van der Waals surface area contributed by atoms with Gasteiger partial charge in [0.15, 0.2) is 0 Å². The van der Waals surface area contributed by atoms with Crippen LogP contribution in [0.4, 0.5) is 10.7 Å². The number of anilines is 1. The van der Waals surface area contributed by atoms with Gasteiger partial charge in [0, 0.05) is 22.8 Å². The van der Waals surface area contributed by atoms with Gasteiger partial charge < -0.3 is 21.1 Å². The summed E-state index contributed by atoms with van der Waals surface area (Å²) in [5, 5.41) is 7.45. The number of nitrogens with one attached hydrogen (secondary N) is 2. The number of benzene rings is 1. The maximum atomic E-state index is 12.2. The van der Waals surface area contributed by atoms with Crippen LogP contribution in [0.1, 0.15) is 41.6 Å². The molecule has 1 saturated heterocycles. The number of ether oxygens (including phenoxy) is 1. The molecule has 0 atom stereocenters. The largest absolute Gasteiger partial charge is 0.412 e. The summed E-state index contributed by atoms with van der Waals surface area (Å²) in [4.78, 5) is 33.3. The number of hydrogen-bond acceptors (Lipinski definition) is 8.